The van der Waals surface area contributed by atoms with Crippen molar-refractivity contribution in [2.24, 2.45) is 7.05 Å². The van der Waals surface area contributed by atoms with Crippen molar-refractivity contribution in [3.8, 4) is 45.5 Å². The second-order valence-corrected chi connectivity index (χ2v) is 7.59. The summed E-state index contributed by atoms with van der Waals surface area (Å²) < 4.78 is 14.2. The normalized spacial score (nSPS) is 11.2. The molecule has 0 atom stereocenters. The van der Waals surface area contributed by atoms with E-state index in [1.54, 1.807) is 41.9 Å². The van der Waals surface area contributed by atoms with E-state index in [1.165, 1.54) is 0 Å². The largest absolute Gasteiger partial charge is 0.496 e. The highest BCUT2D eigenvalue weighted by molar-refractivity contribution is 5.94. The molecule has 0 bridgehead atoms. The van der Waals surface area contributed by atoms with Crippen molar-refractivity contribution >= 4 is 5.52 Å². The number of benzene rings is 1. The summed E-state index contributed by atoms with van der Waals surface area (Å²) in [6.45, 7) is 1.98. The molecule has 0 aliphatic rings. The monoisotopic (exact) mass is 442 g/mol. The summed E-state index contributed by atoms with van der Waals surface area (Å²) in [6, 6.07) is 9.47. The van der Waals surface area contributed by atoms with Crippen LogP contribution in [-0.2, 0) is 7.05 Å². The van der Waals surface area contributed by atoms with Crippen LogP contribution < -0.4 is 15.0 Å². The Labute approximate surface area is 189 Å². The Kier molecular flexibility index (Phi) is 4.93. The van der Waals surface area contributed by atoms with Crippen LogP contribution in [0.25, 0.3) is 39.5 Å². The summed E-state index contributed by atoms with van der Waals surface area (Å²) in [5, 5.41) is 4.67. The Morgan fingerprint density at radius 2 is 1.88 bits per heavy atom. The minimum absolute atomic E-state index is 0.289. The number of H-pyrrole nitrogens is 1. The summed E-state index contributed by atoms with van der Waals surface area (Å²) in [4.78, 5) is 25.1. The van der Waals surface area contributed by atoms with Gasteiger partial charge in [-0.15, -0.1) is 5.10 Å². The van der Waals surface area contributed by atoms with Crippen molar-refractivity contribution < 1.29 is 9.47 Å². The van der Waals surface area contributed by atoms with Crippen LogP contribution in [0.4, 0.5) is 0 Å². The SMILES string of the molecule is COc1ccc(-c2c(-c3cccc(OC)c3C)cn3nc(-c4nccn4C)[nH]c(=O)c23)nc1. The van der Waals surface area contributed by atoms with Gasteiger partial charge in [0.1, 0.15) is 17.0 Å². The molecular formula is C24H22N6O3. The van der Waals surface area contributed by atoms with E-state index in [0.717, 1.165) is 22.4 Å². The van der Waals surface area contributed by atoms with Crippen molar-refractivity contribution in [1.82, 2.24) is 29.1 Å². The predicted molar refractivity (Wildman–Crippen MR) is 125 cm³/mol. The molecule has 0 spiro atoms. The number of nitrogens with one attached hydrogen (secondary N) is 1. The lowest BCUT2D eigenvalue weighted by atomic mass is 9.96. The Morgan fingerprint density at radius 1 is 1.03 bits per heavy atom. The molecule has 0 aliphatic carbocycles. The van der Waals surface area contributed by atoms with Crippen LogP contribution in [0.3, 0.4) is 0 Å². The van der Waals surface area contributed by atoms with Gasteiger partial charge in [0, 0.05) is 36.8 Å². The number of hydrogen-bond acceptors (Lipinski definition) is 6. The zero-order chi connectivity index (χ0) is 23.1. The molecule has 5 rings (SSSR count). The Hall–Kier alpha value is -4.40. The molecule has 166 valence electrons. The minimum atomic E-state index is -0.289. The lowest BCUT2D eigenvalue weighted by Gasteiger charge is -2.11. The standard InChI is InChI=1S/C24H22N6O3/c1-14-16(6-5-7-19(14)33-4)17-13-30-21(20(17)18-9-8-15(32-3)12-26-18)24(31)27-22(28-30)23-25-10-11-29(23)2/h5-13H,1-4H3,(H,27,28,31). The third kappa shape index (κ3) is 3.34. The van der Waals surface area contributed by atoms with E-state index in [0.29, 0.717) is 34.2 Å². The number of pyridine rings is 1. The maximum atomic E-state index is 13.3. The van der Waals surface area contributed by atoms with Gasteiger partial charge in [0.25, 0.3) is 5.56 Å². The number of aromatic amines is 1. The van der Waals surface area contributed by atoms with Crippen molar-refractivity contribution in [3.05, 3.63) is 71.0 Å². The Morgan fingerprint density at radius 3 is 2.55 bits per heavy atom. The van der Waals surface area contributed by atoms with Crippen molar-refractivity contribution in [2.45, 2.75) is 6.92 Å². The van der Waals surface area contributed by atoms with Gasteiger partial charge in [0.05, 0.1) is 26.1 Å². The van der Waals surface area contributed by atoms with E-state index >= 15 is 0 Å². The van der Waals surface area contributed by atoms with Crippen LogP contribution in [0.2, 0.25) is 0 Å². The molecule has 1 N–H and O–H groups in total. The fourth-order valence-corrected chi connectivity index (χ4v) is 4.02. The average molecular weight is 442 g/mol. The third-order valence-corrected chi connectivity index (χ3v) is 5.70. The van der Waals surface area contributed by atoms with E-state index < -0.39 is 0 Å². The molecule has 0 fully saturated rings. The topological polar surface area (TPSA) is 99.3 Å². The summed E-state index contributed by atoms with van der Waals surface area (Å²) in [5.41, 5.74) is 4.10. The molecule has 33 heavy (non-hydrogen) atoms. The molecular weight excluding hydrogens is 420 g/mol. The van der Waals surface area contributed by atoms with Gasteiger partial charge < -0.3 is 19.0 Å². The van der Waals surface area contributed by atoms with E-state index in [-0.39, 0.29) is 5.56 Å². The predicted octanol–water partition coefficient (Wildman–Crippen LogP) is 3.48. The van der Waals surface area contributed by atoms with Crippen molar-refractivity contribution in [3.63, 3.8) is 0 Å². The number of imidazole rings is 1. The number of hydrogen-bond donors (Lipinski definition) is 1. The van der Waals surface area contributed by atoms with Crippen LogP contribution in [0.5, 0.6) is 11.5 Å². The van der Waals surface area contributed by atoms with Crippen LogP contribution >= 0.6 is 0 Å². The lowest BCUT2D eigenvalue weighted by molar-refractivity contribution is 0.412. The third-order valence-electron chi connectivity index (χ3n) is 5.70. The van der Waals surface area contributed by atoms with Gasteiger partial charge in [0.2, 0.25) is 0 Å². The number of ether oxygens (including phenoxy) is 2. The molecule has 9 nitrogen and oxygen atoms in total. The number of aromatic nitrogens is 6. The Balaban J connectivity index is 1.84. The van der Waals surface area contributed by atoms with Gasteiger partial charge in [-0.25, -0.2) is 9.50 Å². The molecule has 9 heteroatoms. The van der Waals surface area contributed by atoms with Gasteiger partial charge in [0.15, 0.2) is 11.6 Å². The highest BCUT2D eigenvalue weighted by atomic mass is 16.5. The van der Waals surface area contributed by atoms with E-state index in [1.807, 2.05) is 50.5 Å². The second-order valence-electron chi connectivity index (χ2n) is 7.59. The van der Waals surface area contributed by atoms with Gasteiger partial charge in [-0.2, -0.15) is 0 Å². The molecule has 5 aromatic rings. The van der Waals surface area contributed by atoms with E-state index in [9.17, 15) is 4.79 Å². The fraction of sp³-hybridized carbons (Fsp3) is 0.167. The van der Waals surface area contributed by atoms with Gasteiger partial charge in [-0.05, 0) is 36.2 Å². The smallest absolute Gasteiger partial charge is 0.276 e. The Bertz CT molecular complexity index is 1530. The molecule has 0 aliphatic heterocycles. The molecule has 4 aromatic heterocycles. The van der Waals surface area contributed by atoms with E-state index in [2.05, 4.69) is 20.1 Å². The zero-order valence-corrected chi connectivity index (χ0v) is 18.7. The van der Waals surface area contributed by atoms with Crippen LogP contribution in [-0.4, -0.2) is 43.4 Å². The van der Waals surface area contributed by atoms with Gasteiger partial charge in [-0.1, -0.05) is 12.1 Å². The lowest BCUT2D eigenvalue weighted by Crippen LogP contribution is -2.15. The molecule has 4 heterocycles. The summed E-state index contributed by atoms with van der Waals surface area (Å²) in [6.07, 6.45) is 6.94. The summed E-state index contributed by atoms with van der Waals surface area (Å²) in [5.74, 6) is 2.32. The molecule has 0 saturated carbocycles. The molecule has 0 radical (unpaired) electrons. The first kappa shape index (κ1) is 20.5. The minimum Gasteiger partial charge on any atom is -0.496 e. The number of nitrogens with zero attached hydrogens (tertiary/aromatic N) is 5. The molecule has 1 aromatic carbocycles. The first-order chi connectivity index (χ1) is 16.0. The molecule has 0 saturated heterocycles. The maximum absolute atomic E-state index is 13.3. The molecule has 0 amide bonds. The maximum Gasteiger partial charge on any atom is 0.276 e. The number of methoxy groups -OCH3 is 2. The van der Waals surface area contributed by atoms with Crippen molar-refractivity contribution in [1.29, 1.82) is 0 Å². The van der Waals surface area contributed by atoms with E-state index in [4.69, 9.17) is 9.47 Å². The van der Waals surface area contributed by atoms with Crippen LogP contribution in [0, 0.1) is 6.92 Å². The fourth-order valence-electron chi connectivity index (χ4n) is 4.02. The van der Waals surface area contributed by atoms with Crippen molar-refractivity contribution in [2.75, 3.05) is 14.2 Å². The van der Waals surface area contributed by atoms with Gasteiger partial charge >= 0.3 is 0 Å². The highest BCUT2D eigenvalue weighted by Gasteiger charge is 2.22. The van der Waals surface area contributed by atoms with Gasteiger partial charge in [-0.3, -0.25) is 9.78 Å². The second kappa shape index (κ2) is 7.94. The van der Waals surface area contributed by atoms with Crippen LogP contribution in [0.15, 0.2) is 59.9 Å². The average Bonchev–Trinajstić information content (AvgIpc) is 3.43. The first-order valence-corrected chi connectivity index (χ1v) is 10.3. The van der Waals surface area contributed by atoms with Crippen LogP contribution in [0.1, 0.15) is 5.56 Å². The quantitative estimate of drug-likeness (QED) is 0.447. The first-order valence-electron chi connectivity index (χ1n) is 10.3. The summed E-state index contributed by atoms with van der Waals surface area (Å²) >= 11 is 0. The number of rotatable bonds is 5. The zero-order valence-electron chi connectivity index (χ0n) is 18.7. The molecule has 0 unspecified atom stereocenters. The number of fused-ring (bicyclic) bond motifs is 1. The highest BCUT2D eigenvalue weighted by Crippen LogP contribution is 2.39. The summed E-state index contributed by atoms with van der Waals surface area (Å²) in [7, 11) is 5.07. The number of aryl methyl sites for hydroxylation is 1.